The smallest absolute Gasteiger partial charge is 0.270 e. The first kappa shape index (κ1) is 12.8. The highest BCUT2D eigenvalue weighted by atomic mass is 79.9. The third-order valence-electron chi connectivity index (χ3n) is 2.45. The van der Waals surface area contributed by atoms with E-state index < -0.39 is 0 Å². The molecule has 0 aliphatic carbocycles. The summed E-state index contributed by atoms with van der Waals surface area (Å²) in [6.07, 6.45) is 0. The molecule has 0 atom stereocenters. The van der Waals surface area contributed by atoms with E-state index in [0.717, 1.165) is 4.47 Å². The van der Waals surface area contributed by atoms with Crippen molar-refractivity contribution in [2.45, 2.75) is 6.92 Å². The molecular formula is C12H12BrN3O2. The molecule has 1 heterocycles. The van der Waals surface area contributed by atoms with Gasteiger partial charge >= 0.3 is 0 Å². The van der Waals surface area contributed by atoms with E-state index in [9.17, 15) is 9.59 Å². The largest absolute Gasteiger partial charge is 0.349 e. The van der Waals surface area contributed by atoms with Gasteiger partial charge in [0, 0.05) is 23.5 Å². The fourth-order valence-electron chi connectivity index (χ4n) is 1.72. The predicted molar refractivity (Wildman–Crippen MR) is 72.9 cm³/mol. The molecule has 1 aliphatic rings. The summed E-state index contributed by atoms with van der Waals surface area (Å²) in [5.41, 5.74) is 1.55. The topological polar surface area (TPSA) is 70.6 Å². The molecule has 0 unspecified atom stereocenters. The van der Waals surface area contributed by atoms with Crippen LogP contribution in [0.1, 0.15) is 12.5 Å². The van der Waals surface area contributed by atoms with Crippen LogP contribution in [0.4, 0.5) is 5.69 Å². The van der Waals surface area contributed by atoms with Gasteiger partial charge in [-0.2, -0.15) is 0 Å². The van der Waals surface area contributed by atoms with Crippen molar-refractivity contribution in [2.24, 2.45) is 4.99 Å². The fraction of sp³-hybridized carbons (Fsp3) is 0.250. The van der Waals surface area contributed by atoms with Crippen LogP contribution >= 0.6 is 15.9 Å². The Kier molecular flexibility index (Phi) is 3.76. The Morgan fingerprint density at radius 3 is 2.94 bits per heavy atom. The first-order valence-corrected chi connectivity index (χ1v) is 6.28. The van der Waals surface area contributed by atoms with Gasteiger partial charge in [0.25, 0.3) is 5.91 Å². The monoisotopic (exact) mass is 309 g/mol. The minimum atomic E-state index is -0.217. The highest BCUT2D eigenvalue weighted by Gasteiger charge is 2.21. The van der Waals surface area contributed by atoms with Gasteiger partial charge in [-0.05, 0) is 22.0 Å². The lowest BCUT2D eigenvalue weighted by atomic mass is 10.1. The molecule has 2 rings (SSSR count). The molecule has 2 N–H and O–H groups in total. The number of amides is 2. The van der Waals surface area contributed by atoms with Crippen LogP contribution in [0.15, 0.2) is 27.7 Å². The molecule has 1 aromatic rings. The molecule has 0 saturated heterocycles. The maximum absolute atomic E-state index is 11.8. The summed E-state index contributed by atoms with van der Waals surface area (Å²) in [6, 6.07) is 5.37. The molecule has 5 nitrogen and oxygen atoms in total. The fourth-order valence-corrected chi connectivity index (χ4v) is 2.19. The van der Waals surface area contributed by atoms with Crippen LogP contribution in [-0.2, 0) is 9.59 Å². The highest BCUT2D eigenvalue weighted by molar-refractivity contribution is 9.10. The van der Waals surface area contributed by atoms with E-state index in [1.807, 2.05) is 0 Å². The molecule has 0 fully saturated rings. The Hall–Kier alpha value is -1.69. The highest BCUT2D eigenvalue weighted by Crippen LogP contribution is 2.27. The van der Waals surface area contributed by atoms with Gasteiger partial charge in [0.15, 0.2) is 0 Å². The standard InChI is InChI=1S/C12H12BrN3O2/c1-7(17)16-10-8(3-2-4-9(10)13)11-12(18)15-6-5-14-11/h2-4H,5-6H2,1H3,(H,15,18)(H,16,17). The molecular weight excluding hydrogens is 298 g/mol. The lowest BCUT2D eigenvalue weighted by Gasteiger charge is -2.17. The molecule has 94 valence electrons. The van der Waals surface area contributed by atoms with Crippen LogP contribution in [0, 0.1) is 0 Å². The van der Waals surface area contributed by atoms with Crippen molar-refractivity contribution in [1.82, 2.24) is 5.32 Å². The number of anilines is 1. The Bertz CT molecular complexity index is 540. The van der Waals surface area contributed by atoms with Crippen molar-refractivity contribution in [1.29, 1.82) is 0 Å². The zero-order valence-corrected chi connectivity index (χ0v) is 11.4. The van der Waals surface area contributed by atoms with Gasteiger partial charge in [-0.15, -0.1) is 0 Å². The van der Waals surface area contributed by atoms with Crippen LogP contribution in [0.3, 0.4) is 0 Å². The van der Waals surface area contributed by atoms with Crippen molar-refractivity contribution in [3.63, 3.8) is 0 Å². The molecule has 0 bridgehead atoms. The van der Waals surface area contributed by atoms with Gasteiger partial charge in [-0.25, -0.2) is 0 Å². The molecule has 18 heavy (non-hydrogen) atoms. The van der Waals surface area contributed by atoms with E-state index >= 15 is 0 Å². The number of nitrogens with zero attached hydrogens (tertiary/aromatic N) is 1. The average Bonchev–Trinajstić information content (AvgIpc) is 2.32. The third-order valence-corrected chi connectivity index (χ3v) is 3.11. The minimum Gasteiger partial charge on any atom is -0.349 e. The molecule has 0 aromatic heterocycles. The number of carbonyl (C=O) groups excluding carboxylic acids is 2. The quantitative estimate of drug-likeness (QED) is 0.865. The average molecular weight is 310 g/mol. The van der Waals surface area contributed by atoms with E-state index in [1.54, 1.807) is 18.2 Å². The summed E-state index contributed by atoms with van der Waals surface area (Å²) in [6.45, 7) is 2.52. The van der Waals surface area contributed by atoms with Crippen molar-refractivity contribution in [3.05, 3.63) is 28.2 Å². The van der Waals surface area contributed by atoms with E-state index in [-0.39, 0.29) is 11.8 Å². The number of nitrogens with one attached hydrogen (secondary N) is 2. The third kappa shape index (κ3) is 2.59. The molecule has 0 radical (unpaired) electrons. The van der Waals surface area contributed by atoms with Crippen molar-refractivity contribution < 1.29 is 9.59 Å². The summed E-state index contributed by atoms with van der Waals surface area (Å²) in [5, 5.41) is 5.45. The van der Waals surface area contributed by atoms with Gasteiger partial charge in [-0.3, -0.25) is 14.6 Å². The van der Waals surface area contributed by atoms with Crippen LogP contribution in [0.5, 0.6) is 0 Å². The Morgan fingerprint density at radius 2 is 2.28 bits per heavy atom. The molecule has 1 aliphatic heterocycles. The Morgan fingerprint density at radius 1 is 1.50 bits per heavy atom. The predicted octanol–water partition coefficient (Wildman–Crippen LogP) is 1.33. The number of aliphatic imine (C=N–C) groups is 1. The SMILES string of the molecule is CC(=O)Nc1c(Br)cccc1C1=NCCNC1=O. The lowest BCUT2D eigenvalue weighted by molar-refractivity contribution is -0.115. The number of benzene rings is 1. The number of halogens is 1. The summed E-state index contributed by atoms with van der Waals surface area (Å²) in [4.78, 5) is 27.2. The molecule has 2 amide bonds. The first-order valence-electron chi connectivity index (χ1n) is 5.48. The second-order valence-electron chi connectivity index (χ2n) is 3.83. The molecule has 0 spiro atoms. The summed E-state index contributed by atoms with van der Waals surface area (Å²) >= 11 is 3.36. The summed E-state index contributed by atoms with van der Waals surface area (Å²) in [7, 11) is 0. The van der Waals surface area contributed by atoms with Crippen molar-refractivity contribution >= 4 is 39.1 Å². The van der Waals surface area contributed by atoms with Crippen LogP contribution in [0.2, 0.25) is 0 Å². The van der Waals surface area contributed by atoms with E-state index in [1.165, 1.54) is 6.92 Å². The number of hydrogen-bond donors (Lipinski definition) is 2. The Labute approximate surface area is 113 Å². The maximum atomic E-state index is 11.8. The summed E-state index contributed by atoms with van der Waals surface area (Å²) < 4.78 is 0.719. The van der Waals surface area contributed by atoms with Gasteiger partial charge in [0.2, 0.25) is 5.91 Å². The van der Waals surface area contributed by atoms with Gasteiger partial charge in [0.05, 0.1) is 12.2 Å². The number of hydrogen-bond acceptors (Lipinski definition) is 3. The molecule has 6 heteroatoms. The number of para-hydroxylation sites is 1. The first-order chi connectivity index (χ1) is 8.59. The minimum absolute atomic E-state index is 0.194. The van der Waals surface area contributed by atoms with Crippen LogP contribution in [-0.4, -0.2) is 30.6 Å². The van der Waals surface area contributed by atoms with Crippen molar-refractivity contribution in [2.75, 3.05) is 18.4 Å². The van der Waals surface area contributed by atoms with Gasteiger partial charge < -0.3 is 10.6 Å². The van der Waals surface area contributed by atoms with E-state index in [0.29, 0.717) is 30.1 Å². The molecule has 0 saturated carbocycles. The molecule has 1 aromatic carbocycles. The van der Waals surface area contributed by atoms with Crippen molar-refractivity contribution in [3.8, 4) is 0 Å². The van der Waals surface area contributed by atoms with Crippen LogP contribution < -0.4 is 10.6 Å². The van der Waals surface area contributed by atoms with E-state index in [4.69, 9.17) is 0 Å². The van der Waals surface area contributed by atoms with Gasteiger partial charge in [-0.1, -0.05) is 12.1 Å². The second-order valence-corrected chi connectivity index (χ2v) is 4.68. The number of rotatable bonds is 2. The van der Waals surface area contributed by atoms with Gasteiger partial charge in [0.1, 0.15) is 5.71 Å². The number of carbonyl (C=O) groups is 2. The zero-order chi connectivity index (χ0) is 13.1. The normalized spacial score (nSPS) is 14.8. The summed E-state index contributed by atoms with van der Waals surface area (Å²) in [5.74, 6) is -0.411. The lowest BCUT2D eigenvalue weighted by Crippen LogP contribution is -2.38. The second kappa shape index (κ2) is 5.30. The maximum Gasteiger partial charge on any atom is 0.270 e. The Balaban J connectivity index is 2.49. The van der Waals surface area contributed by atoms with E-state index in [2.05, 4.69) is 31.6 Å². The van der Waals surface area contributed by atoms with Crippen LogP contribution in [0.25, 0.3) is 0 Å². The zero-order valence-electron chi connectivity index (χ0n) is 9.79.